The summed E-state index contributed by atoms with van der Waals surface area (Å²) in [6.07, 6.45) is -0.736. The standard InChI is InChI=1S/C3H9N.CH2O3.Na.H/c1-2-3-4;2-1(3)4;;/h2-4H2,1H3;(H2,2,3,4);;. The van der Waals surface area contributed by atoms with Gasteiger partial charge in [0.15, 0.2) is 0 Å². The third-order valence-electron chi connectivity index (χ3n) is 0.289. The van der Waals surface area contributed by atoms with E-state index in [0.717, 1.165) is 13.0 Å². The van der Waals surface area contributed by atoms with E-state index in [1.807, 2.05) is 0 Å². The quantitative estimate of drug-likeness (QED) is 0.451. The van der Waals surface area contributed by atoms with Crippen LogP contribution in [-0.2, 0) is 0 Å². The molecular formula is C4H12NNaO3. The van der Waals surface area contributed by atoms with Gasteiger partial charge in [0.2, 0.25) is 0 Å². The Labute approximate surface area is 76.3 Å². The molecule has 0 heterocycles. The van der Waals surface area contributed by atoms with Crippen LogP contribution in [0.4, 0.5) is 4.79 Å². The Morgan fingerprint density at radius 2 is 1.67 bits per heavy atom. The van der Waals surface area contributed by atoms with Crippen molar-refractivity contribution >= 4 is 35.7 Å². The van der Waals surface area contributed by atoms with Gasteiger partial charge in [-0.3, -0.25) is 0 Å². The maximum absolute atomic E-state index is 8.56. The molecule has 5 heteroatoms. The molecule has 0 spiro atoms. The predicted molar refractivity (Wildman–Crippen MR) is 37.1 cm³/mol. The molecule has 0 aromatic carbocycles. The van der Waals surface area contributed by atoms with Gasteiger partial charge < -0.3 is 15.9 Å². The summed E-state index contributed by atoms with van der Waals surface area (Å²) >= 11 is 0. The van der Waals surface area contributed by atoms with Crippen LogP contribution in [-0.4, -0.2) is 52.5 Å². The Bertz CT molecular complexity index is 53.8. The zero-order valence-corrected chi connectivity index (χ0v) is 4.79. The Kier molecular flexibility index (Phi) is 28.1. The van der Waals surface area contributed by atoms with Crippen LogP contribution in [0.3, 0.4) is 0 Å². The van der Waals surface area contributed by atoms with Crippen LogP contribution in [0.5, 0.6) is 0 Å². The molecule has 0 atom stereocenters. The van der Waals surface area contributed by atoms with Gasteiger partial charge in [-0.2, -0.15) is 0 Å². The molecule has 0 bridgehead atoms. The van der Waals surface area contributed by atoms with Crippen LogP contribution in [0, 0.1) is 0 Å². The van der Waals surface area contributed by atoms with E-state index in [0.29, 0.717) is 0 Å². The fourth-order valence-electron chi connectivity index (χ4n) is 0. The molecule has 0 saturated carbocycles. The second-order valence-electron chi connectivity index (χ2n) is 1.07. The number of carboxylic acid groups (broad SMARTS) is 2. The number of carbonyl (C=O) groups is 1. The van der Waals surface area contributed by atoms with E-state index in [4.69, 9.17) is 20.7 Å². The van der Waals surface area contributed by atoms with E-state index in [1.54, 1.807) is 0 Å². The van der Waals surface area contributed by atoms with E-state index in [9.17, 15) is 0 Å². The van der Waals surface area contributed by atoms with Gasteiger partial charge in [0, 0.05) is 0 Å². The second-order valence-corrected chi connectivity index (χ2v) is 1.07. The molecule has 0 aliphatic rings. The minimum absolute atomic E-state index is 0. The third-order valence-corrected chi connectivity index (χ3v) is 0.289. The van der Waals surface area contributed by atoms with Crippen molar-refractivity contribution < 1.29 is 15.0 Å². The molecule has 0 aliphatic heterocycles. The fourth-order valence-corrected chi connectivity index (χ4v) is 0. The average molecular weight is 145 g/mol. The summed E-state index contributed by atoms with van der Waals surface area (Å²) in [5.74, 6) is 0. The van der Waals surface area contributed by atoms with E-state index in [2.05, 4.69) is 6.92 Å². The van der Waals surface area contributed by atoms with Crippen LogP contribution >= 0.6 is 0 Å². The zero-order chi connectivity index (χ0) is 6.99. The van der Waals surface area contributed by atoms with Crippen molar-refractivity contribution in [1.29, 1.82) is 0 Å². The van der Waals surface area contributed by atoms with Crippen molar-refractivity contribution in [2.24, 2.45) is 5.73 Å². The molecule has 4 N–H and O–H groups in total. The maximum atomic E-state index is 8.56. The molecule has 0 saturated heterocycles. The van der Waals surface area contributed by atoms with Crippen molar-refractivity contribution in [2.45, 2.75) is 13.3 Å². The minimum atomic E-state index is -1.83. The van der Waals surface area contributed by atoms with E-state index >= 15 is 0 Å². The molecule has 0 rings (SSSR count). The summed E-state index contributed by atoms with van der Waals surface area (Å²) in [7, 11) is 0. The number of nitrogens with two attached hydrogens (primary N) is 1. The molecule has 0 aromatic heterocycles. The molecule has 4 nitrogen and oxygen atoms in total. The van der Waals surface area contributed by atoms with Crippen molar-refractivity contribution in [3.63, 3.8) is 0 Å². The molecule has 0 amide bonds. The van der Waals surface area contributed by atoms with E-state index in [-0.39, 0.29) is 29.6 Å². The predicted octanol–water partition coefficient (Wildman–Crippen LogP) is -0.0710. The van der Waals surface area contributed by atoms with Gasteiger partial charge in [-0.05, 0) is 13.0 Å². The Balaban J connectivity index is -0.0000000720. The van der Waals surface area contributed by atoms with Crippen molar-refractivity contribution in [2.75, 3.05) is 6.54 Å². The van der Waals surface area contributed by atoms with Gasteiger partial charge in [-0.15, -0.1) is 0 Å². The third kappa shape index (κ3) is 211. The molecule has 0 unspecified atom stereocenters. The molecule has 52 valence electrons. The van der Waals surface area contributed by atoms with E-state index in [1.165, 1.54) is 0 Å². The average Bonchev–Trinajstić information content (AvgIpc) is 1.65. The first-order valence-electron chi connectivity index (χ1n) is 2.27. The molecule has 0 aromatic rings. The molecular weight excluding hydrogens is 133 g/mol. The van der Waals surface area contributed by atoms with Crippen molar-refractivity contribution in [3.05, 3.63) is 0 Å². The summed E-state index contributed by atoms with van der Waals surface area (Å²) in [6, 6.07) is 0. The van der Waals surface area contributed by atoms with Crippen molar-refractivity contribution in [1.82, 2.24) is 0 Å². The Morgan fingerprint density at radius 1 is 1.56 bits per heavy atom. The van der Waals surface area contributed by atoms with Crippen LogP contribution in [0.1, 0.15) is 13.3 Å². The number of rotatable bonds is 1. The van der Waals surface area contributed by atoms with Gasteiger partial charge >= 0.3 is 35.7 Å². The van der Waals surface area contributed by atoms with Gasteiger partial charge in [0.25, 0.3) is 0 Å². The van der Waals surface area contributed by atoms with Crippen LogP contribution in [0.2, 0.25) is 0 Å². The van der Waals surface area contributed by atoms with Gasteiger partial charge in [0.1, 0.15) is 0 Å². The van der Waals surface area contributed by atoms with E-state index < -0.39 is 6.16 Å². The monoisotopic (exact) mass is 145 g/mol. The zero-order valence-electron chi connectivity index (χ0n) is 4.79. The van der Waals surface area contributed by atoms with Gasteiger partial charge in [0.05, 0.1) is 0 Å². The first kappa shape index (κ1) is 16.1. The Morgan fingerprint density at radius 3 is 1.67 bits per heavy atom. The summed E-state index contributed by atoms with van der Waals surface area (Å²) in [5, 5.41) is 13.9. The fraction of sp³-hybridized carbons (Fsp3) is 0.750. The Hall–Kier alpha value is 0.230. The summed E-state index contributed by atoms with van der Waals surface area (Å²) < 4.78 is 0. The number of hydrogen-bond donors (Lipinski definition) is 3. The SMILES string of the molecule is CCCN.O=C(O)O.[NaH]. The van der Waals surface area contributed by atoms with Crippen LogP contribution in [0.15, 0.2) is 0 Å². The molecule has 0 fully saturated rings. The van der Waals surface area contributed by atoms with Crippen LogP contribution in [0.25, 0.3) is 0 Å². The second kappa shape index (κ2) is 15.7. The number of hydrogen-bond acceptors (Lipinski definition) is 2. The van der Waals surface area contributed by atoms with Crippen molar-refractivity contribution in [3.8, 4) is 0 Å². The molecule has 9 heavy (non-hydrogen) atoms. The summed E-state index contributed by atoms with van der Waals surface area (Å²) in [5.41, 5.74) is 5.03. The topological polar surface area (TPSA) is 83.6 Å². The van der Waals surface area contributed by atoms with Crippen LogP contribution < -0.4 is 5.73 Å². The van der Waals surface area contributed by atoms with Gasteiger partial charge in [-0.25, -0.2) is 4.79 Å². The van der Waals surface area contributed by atoms with Gasteiger partial charge in [-0.1, -0.05) is 6.92 Å². The molecule has 0 aliphatic carbocycles. The first-order chi connectivity index (χ1) is 3.65. The first-order valence-corrected chi connectivity index (χ1v) is 2.27. The summed E-state index contributed by atoms with van der Waals surface area (Å²) in [4.78, 5) is 8.56. The summed E-state index contributed by atoms with van der Waals surface area (Å²) in [6.45, 7) is 2.88. The molecule has 0 radical (unpaired) electrons. The normalized spacial score (nSPS) is 6.00.